The Hall–Kier alpha value is -2.39. The molecule has 3 aromatic rings. The molecule has 0 aliphatic carbocycles. The van der Waals surface area contributed by atoms with Crippen LogP contribution in [0.2, 0.25) is 5.02 Å². The highest BCUT2D eigenvalue weighted by molar-refractivity contribution is 6.30. The van der Waals surface area contributed by atoms with E-state index in [0.717, 1.165) is 16.9 Å². The van der Waals surface area contributed by atoms with Crippen LogP contribution in [0.15, 0.2) is 60.9 Å². The minimum absolute atomic E-state index is 0.683. The van der Waals surface area contributed by atoms with Crippen molar-refractivity contribution in [3.8, 4) is 11.3 Å². The summed E-state index contributed by atoms with van der Waals surface area (Å²) in [6, 6.07) is 15.7. The lowest BCUT2D eigenvalue weighted by atomic mass is 10.1. The molecular weight excluding hydrogens is 282 g/mol. The van der Waals surface area contributed by atoms with Crippen LogP contribution in [0.5, 0.6) is 0 Å². The topological polar surface area (TPSA) is 37.8 Å². The second-order valence-electron chi connectivity index (χ2n) is 4.79. The van der Waals surface area contributed by atoms with Gasteiger partial charge in [-0.05, 0) is 25.1 Å². The predicted octanol–water partition coefficient (Wildman–Crippen LogP) is 4.85. The number of aromatic nitrogens is 2. The van der Waals surface area contributed by atoms with Crippen molar-refractivity contribution in [1.82, 2.24) is 9.97 Å². The van der Waals surface area contributed by atoms with E-state index in [1.807, 2.05) is 36.4 Å². The smallest absolute Gasteiger partial charge is 0.149 e. The highest BCUT2D eigenvalue weighted by Crippen LogP contribution is 2.21. The second kappa shape index (κ2) is 5.94. The average Bonchev–Trinajstić information content (AvgIpc) is 2.48. The number of rotatable bonds is 3. The van der Waals surface area contributed by atoms with Gasteiger partial charge in [0.05, 0.1) is 18.1 Å². The molecular formula is C17H14ClN3. The summed E-state index contributed by atoms with van der Waals surface area (Å²) in [5.41, 5.74) is 3.99. The largest absolute Gasteiger partial charge is 0.339 e. The summed E-state index contributed by atoms with van der Waals surface area (Å²) in [6.45, 7) is 2.06. The molecule has 104 valence electrons. The van der Waals surface area contributed by atoms with Crippen LogP contribution in [0.4, 0.5) is 11.5 Å². The Morgan fingerprint density at radius 2 is 1.81 bits per heavy atom. The lowest BCUT2D eigenvalue weighted by Crippen LogP contribution is -1.96. The number of anilines is 2. The summed E-state index contributed by atoms with van der Waals surface area (Å²) >= 11 is 5.98. The summed E-state index contributed by atoms with van der Waals surface area (Å²) in [6.07, 6.45) is 3.45. The summed E-state index contributed by atoms with van der Waals surface area (Å²) < 4.78 is 0. The van der Waals surface area contributed by atoms with Crippen molar-refractivity contribution in [3.63, 3.8) is 0 Å². The molecule has 0 bridgehead atoms. The van der Waals surface area contributed by atoms with E-state index in [2.05, 4.69) is 34.3 Å². The second-order valence-corrected chi connectivity index (χ2v) is 5.23. The average molecular weight is 296 g/mol. The molecule has 4 heteroatoms. The maximum Gasteiger partial charge on any atom is 0.149 e. The van der Waals surface area contributed by atoms with Crippen molar-refractivity contribution in [3.05, 3.63) is 71.5 Å². The zero-order valence-electron chi connectivity index (χ0n) is 11.5. The van der Waals surface area contributed by atoms with Gasteiger partial charge in [-0.3, -0.25) is 4.98 Å². The monoisotopic (exact) mass is 295 g/mol. The van der Waals surface area contributed by atoms with E-state index in [1.54, 1.807) is 12.4 Å². The van der Waals surface area contributed by atoms with E-state index in [-0.39, 0.29) is 0 Å². The van der Waals surface area contributed by atoms with Crippen molar-refractivity contribution < 1.29 is 0 Å². The van der Waals surface area contributed by atoms with Gasteiger partial charge in [0.25, 0.3) is 0 Å². The molecule has 0 spiro atoms. The Morgan fingerprint density at radius 3 is 2.57 bits per heavy atom. The third-order valence-corrected chi connectivity index (χ3v) is 3.31. The number of nitrogens with one attached hydrogen (secondary N) is 1. The van der Waals surface area contributed by atoms with Gasteiger partial charge in [0.2, 0.25) is 0 Å². The SMILES string of the molecule is Cc1ccc(-c2cncc(Nc3cccc(Cl)c3)n2)cc1. The van der Waals surface area contributed by atoms with Crippen LogP contribution in [0.1, 0.15) is 5.56 Å². The molecule has 0 amide bonds. The quantitative estimate of drug-likeness (QED) is 0.750. The van der Waals surface area contributed by atoms with Crippen LogP contribution >= 0.6 is 11.6 Å². The van der Waals surface area contributed by atoms with E-state index in [9.17, 15) is 0 Å². The lowest BCUT2D eigenvalue weighted by Gasteiger charge is -2.07. The predicted molar refractivity (Wildman–Crippen MR) is 86.9 cm³/mol. The first-order valence-corrected chi connectivity index (χ1v) is 7.00. The van der Waals surface area contributed by atoms with Gasteiger partial charge in [0.1, 0.15) is 5.82 Å². The van der Waals surface area contributed by atoms with Crippen LogP contribution in [0, 0.1) is 6.92 Å². The standard InChI is InChI=1S/C17H14ClN3/c1-12-5-7-13(8-6-12)16-10-19-11-17(21-16)20-15-4-2-3-14(18)9-15/h2-11H,1H3,(H,20,21). The molecule has 0 aliphatic heterocycles. The van der Waals surface area contributed by atoms with Crippen LogP contribution in [0.3, 0.4) is 0 Å². The number of nitrogens with zero attached hydrogens (tertiary/aromatic N) is 2. The third kappa shape index (κ3) is 3.38. The zero-order chi connectivity index (χ0) is 14.7. The minimum atomic E-state index is 0.683. The molecule has 3 rings (SSSR count). The van der Waals surface area contributed by atoms with E-state index in [4.69, 9.17) is 11.6 Å². The molecule has 21 heavy (non-hydrogen) atoms. The number of hydrogen-bond donors (Lipinski definition) is 1. The highest BCUT2D eigenvalue weighted by Gasteiger charge is 2.03. The minimum Gasteiger partial charge on any atom is -0.339 e. The molecule has 0 unspecified atom stereocenters. The first kappa shape index (κ1) is 13.6. The molecule has 1 heterocycles. The van der Waals surface area contributed by atoms with Crippen molar-refractivity contribution in [2.45, 2.75) is 6.92 Å². The normalized spacial score (nSPS) is 10.4. The third-order valence-electron chi connectivity index (χ3n) is 3.08. The maximum absolute atomic E-state index is 5.98. The van der Waals surface area contributed by atoms with Gasteiger partial charge >= 0.3 is 0 Å². The molecule has 3 nitrogen and oxygen atoms in total. The molecule has 1 aromatic heterocycles. The number of benzene rings is 2. The lowest BCUT2D eigenvalue weighted by molar-refractivity contribution is 1.20. The van der Waals surface area contributed by atoms with Crippen molar-refractivity contribution in [2.24, 2.45) is 0 Å². The van der Waals surface area contributed by atoms with Crippen LogP contribution in [-0.4, -0.2) is 9.97 Å². The molecule has 1 N–H and O–H groups in total. The molecule has 2 aromatic carbocycles. The Morgan fingerprint density at radius 1 is 1.00 bits per heavy atom. The van der Waals surface area contributed by atoms with E-state index in [0.29, 0.717) is 10.8 Å². The van der Waals surface area contributed by atoms with E-state index in [1.165, 1.54) is 5.56 Å². The zero-order valence-corrected chi connectivity index (χ0v) is 12.3. The fraction of sp³-hybridized carbons (Fsp3) is 0.0588. The summed E-state index contributed by atoms with van der Waals surface area (Å²) in [5.74, 6) is 0.690. The Labute approximate surface area is 128 Å². The first-order valence-electron chi connectivity index (χ1n) is 6.62. The molecule has 0 saturated carbocycles. The number of hydrogen-bond acceptors (Lipinski definition) is 3. The van der Waals surface area contributed by atoms with Crippen molar-refractivity contribution >= 4 is 23.1 Å². The van der Waals surface area contributed by atoms with E-state index < -0.39 is 0 Å². The van der Waals surface area contributed by atoms with Crippen molar-refractivity contribution in [1.29, 1.82) is 0 Å². The summed E-state index contributed by atoms with van der Waals surface area (Å²) in [4.78, 5) is 8.82. The van der Waals surface area contributed by atoms with Crippen LogP contribution < -0.4 is 5.32 Å². The Kier molecular flexibility index (Phi) is 3.84. The summed E-state index contributed by atoms with van der Waals surface area (Å²) in [5, 5.41) is 3.89. The molecule has 0 fully saturated rings. The highest BCUT2D eigenvalue weighted by atomic mass is 35.5. The number of aryl methyl sites for hydroxylation is 1. The Bertz CT molecular complexity index is 754. The van der Waals surface area contributed by atoms with Crippen LogP contribution in [0.25, 0.3) is 11.3 Å². The first-order chi connectivity index (χ1) is 10.2. The fourth-order valence-corrected chi connectivity index (χ4v) is 2.19. The Balaban J connectivity index is 1.88. The van der Waals surface area contributed by atoms with E-state index >= 15 is 0 Å². The maximum atomic E-state index is 5.98. The van der Waals surface area contributed by atoms with Gasteiger partial charge in [-0.15, -0.1) is 0 Å². The molecule has 0 aliphatic rings. The van der Waals surface area contributed by atoms with Crippen LogP contribution in [-0.2, 0) is 0 Å². The molecule has 0 saturated heterocycles. The van der Waals surface area contributed by atoms with Gasteiger partial charge in [0, 0.05) is 16.3 Å². The fourth-order valence-electron chi connectivity index (χ4n) is 2.00. The summed E-state index contributed by atoms with van der Waals surface area (Å²) in [7, 11) is 0. The van der Waals surface area contributed by atoms with Gasteiger partial charge < -0.3 is 5.32 Å². The number of halogens is 1. The van der Waals surface area contributed by atoms with Gasteiger partial charge in [0.15, 0.2) is 0 Å². The molecule has 0 radical (unpaired) electrons. The van der Waals surface area contributed by atoms with Gasteiger partial charge in [-0.2, -0.15) is 0 Å². The van der Waals surface area contributed by atoms with Gasteiger partial charge in [-0.1, -0.05) is 47.5 Å². The molecule has 0 atom stereocenters. The van der Waals surface area contributed by atoms with Crippen molar-refractivity contribution in [2.75, 3.05) is 5.32 Å². The van der Waals surface area contributed by atoms with Gasteiger partial charge in [-0.25, -0.2) is 4.98 Å².